The Hall–Kier alpha value is -1.88. The number of hydrogen-bond acceptors (Lipinski definition) is 3. The molecule has 1 heterocycles. The van der Waals surface area contributed by atoms with E-state index >= 15 is 0 Å². The number of amides is 2. The molecule has 5 nitrogen and oxygen atoms in total. The Balaban J connectivity index is 2.37. The first-order valence-corrected chi connectivity index (χ1v) is 5.89. The van der Waals surface area contributed by atoms with Crippen molar-refractivity contribution in [3.05, 3.63) is 23.8 Å². The number of anilines is 2. The predicted molar refractivity (Wildman–Crippen MR) is 68.1 cm³/mol. The van der Waals surface area contributed by atoms with Crippen molar-refractivity contribution >= 4 is 23.2 Å². The Morgan fingerprint density at radius 2 is 1.72 bits per heavy atom. The average molecular weight is 248 g/mol. The summed E-state index contributed by atoms with van der Waals surface area (Å²) < 4.78 is 0. The van der Waals surface area contributed by atoms with Crippen LogP contribution < -0.4 is 10.6 Å². The minimum absolute atomic E-state index is 0.0825. The number of nitrogens with one attached hydrogen (secondary N) is 2. The lowest BCUT2D eigenvalue weighted by Gasteiger charge is -2.17. The molecule has 3 N–H and O–H groups in total. The summed E-state index contributed by atoms with van der Waals surface area (Å²) in [5.41, 5.74) is 1.81. The molecule has 1 atom stereocenters. The van der Waals surface area contributed by atoms with Gasteiger partial charge in [-0.1, -0.05) is 19.9 Å². The Labute approximate surface area is 105 Å². The summed E-state index contributed by atoms with van der Waals surface area (Å²) in [6.07, 6.45) is -0.775. The van der Waals surface area contributed by atoms with Crippen molar-refractivity contribution in [3.8, 4) is 0 Å². The largest absolute Gasteiger partial charge is 0.388 e. The van der Waals surface area contributed by atoms with Crippen LogP contribution in [-0.4, -0.2) is 16.9 Å². The van der Waals surface area contributed by atoms with E-state index < -0.39 is 6.10 Å². The molecule has 1 aromatic rings. The Bertz CT molecular complexity index is 497. The molecule has 0 radical (unpaired) electrons. The highest BCUT2D eigenvalue weighted by Gasteiger charge is 2.20. The van der Waals surface area contributed by atoms with E-state index in [0.29, 0.717) is 11.4 Å². The van der Waals surface area contributed by atoms with Gasteiger partial charge in [-0.3, -0.25) is 9.59 Å². The Morgan fingerprint density at radius 3 is 2.33 bits per heavy atom. The lowest BCUT2D eigenvalue weighted by molar-refractivity contribution is -0.123. The number of carbonyl (C=O) groups excluding carboxylic acids is 2. The molecule has 2 rings (SSSR count). The van der Waals surface area contributed by atoms with Crippen molar-refractivity contribution in [2.24, 2.45) is 5.92 Å². The number of benzene rings is 1. The first-order valence-electron chi connectivity index (χ1n) is 5.89. The zero-order valence-corrected chi connectivity index (χ0v) is 10.4. The molecule has 18 heavy (non-hydrogen) atoms. The van der Waals surface area contributed by atoms with E-state index in [0.717, 1.165) is 5.56 Å². The maximum Gasteiger partial charge on any atom is 0.233 e. The normalized spacial score (nSPS) is 16.7. The van der Waals surface area contributed by atoms with Gasteiger partial charge < -0.3 is 15.7 Å². The summed E-state index contributed by atoms with van der Waals surface area (Å²) in [5, 5.41) is 15.3. The van der Waals surface area contributed by atoms with E-state index in [1.54, 1.807) is 18.2 Å². The molecule has 1 aliphatic heterocycles. The van der Waals surface area contributed by atoms with Gasteiger partial charge in [-0.05, 0) is 23.6 Å². The fourth-order valence-electron chi connectivity index (χ4n) is 1.88. The second kappa shape index (κ2) is 4.78. The third-order valence-electron chi connectivity index (χ3n) is 2.89. The fraction of sp³-hybridized carbons (Fsp3) is 0.385. The van der Waals surface area contributed by atoms with Gasteiger partial charge in [0.05, 0.1) is 17.5 Å². The van der Waals surface area contributed by atoms with Gasteiger partial charge in [-0.15, -0.1) is 0 Å². The number of aliphatic hydroxyl groups excluding tert-OH is 1. The fourth-order valence-corrected chi connectivity index (χ4v) is 1.88. The maximum atomic E-state index is 11.4. The first kappa shape index (κ1) is 12.6. The molecule has 96 valence electrons. The lowest BCUT2D eigenvalue weighted by Crippen LogP contribution is -2.16. The van der Waals surface area contributed by atoms with E-state index in [4.69, 9.17) is 0 Å². The van der Waals surface area contributed by atoms with Crippen LogP contribution >= 0.6 is 0 Å². The van der Waals surface area contributed by atoms with Crippen molar-refractivity contribution in [1.29, 1.82) is 0 Å². The molecule has 2 amide bonds. The van der Waals surface area contributed by atoms with Gasteiger partial charge in [0.2, 0.25) is 11.8 Å². The summed E-state index contributed by atoms with van der Waals surface area (Å²) in [4.78, 5) is 22.8. The van der Waals surface area contributed by atoms with E-state index in [1.165, 1.54) is 0 Å². The van der Waals surface area contributed by atoms with Gasteiger partial charge in [0, 0.05) is 0 Å². The second-order valence-electron chi connectivity index (χ2n) is 4.77. The van der Waals surface area contributed by atoms with Gasteiger partial charge in [-0.2, -0.15) is 0 Å². The van der Waals surface area contributed by atoms with E-state index in [1.807, 2.05) is 13.8 Å². The number of fused-ring (bicyclic) bond motifs is 1. The molecule has 0 spiro atoms. The second-order valence-corrected chi connectivity index (χ2v) is 4.77. The summed E-state index contributed by atoms with van der Waals surface area (Å²) in [5.74, 6) is -0.593. The number of carbonyl (C=O) groups is 2. The van der Waals surface area contributed by atoms with Gasteiger partial charge in [0.25, 0.3) is 0 Å². The Kier molecular flexibility index (Phi) is 3.34. The van der Waals surface area contributed by atoms with Crippen LogP contribution in [0.1, 0.15) is 31.9 Å². The zero-order chi connectivity index (χ0) is 13.3. The van der Waals surface area contributed by atoms with Crippen molar-refractivity contribution in [3.63, 3.8) is 0 Å². The maximum absolute atomic E-state index is 11.4. The van der Waals surface area contributed by atoms with Crippen LogP contribution in [0.3, 0.4) is 0 Å². The van der Waals surface area contributed by atoms with Crippen LogP contribution in [0.25, 0.3) is 0 Å². The molecular weight excluding hydrogens is 232 g/mol. The summed E-state index contributed by atoms with van der Waals surface area (Å²) in [6, 6.07) is 5.14. The highest BCUT2D eigenvalue weighted by molar-refractivity contribution is 6.13. The summed E-state index contributed by atoms with van der Waals surface area (Å²) in [6.45, 7) is 3.83. The Morgan fingerprint density at radius 1 is 1.11 bits per heavy atom. The number of rotatable bonds is 2. The topological polar surface area (TPSA) is 78.4 Å². The quantitative estimate of drug-likeness (QED) is 0.696. The molecule has 0 fully saturated rings. The highest BCUT2D eigenvalue weighted by Crippen LogP contribution is 2.30. The van der Waals surface area contributed by atoms with Gasteiger partial charge in [0.15, 0.2) is 0 Å². The predicted octanol–water partition coefficient (Wildman–Crippen LogP) is 1.66. The van der Waals surface area contributed by atoms with Crippen LogP contribution in [0.4, 0.5) is 11.4 Å². The van der Waals surface area contributed by atoms with Crippen molar-refractivity contribution in [2.45, 2.75) is 26.4 Å². The minimum atomic E-state index is -0.592. The molecular formula is C13H16N2O3. The molecule has 1 aromatic carbocycles. The van der Waals surface area contributed by atoms with Crippen molar-refractivity contribution < 1.29 is 14.7 Å². The molecule has 0 bridgehead atoms. The van der Waals surface area contributed by atoms with Crippen molar-refractivity contribution in [2.75, 3.05) is 10.6 Å². The van der Waals surface area contributed by atoms with Crippen LogP contribution in [0.15, 0.2) is 18.2 Å². The molecule has 0 saturated carbocycles. The molecule has 1 unspecified atom stereocenters. The average Bonchev–Trinajstić information content (AvgIpc) is 2.43. The van der Waals surface area contributed by atoms with Gasteiger partial charge >= 0.3 is 0 Å². The minimum Gasteiger partial charge on any atom is -0.388 e. The summed E-state index contributed by atoms with van der Waals surface area (Å²) >= 11 is 0. The third kappa shape index (κ3) is 2.51. The number of aliphatic hydroxyl groups is 1. The van der Waals surface area contributed by atoms with Crippen LogP contribution in [0, 0.1) is 5.92 Å². The van der Waals surface area contributed by atoms with E-state index in [2.05, 4.69) is 10.6 Å². The molecule has 0 aromatic heterocycles. The smallest absolute Gasteiger partial charge is 0.233 e. The number of hydrogen-bond donors (Lipinski definition) is 3. The van der Waals surface area contributed by atoms with Gasteiger partial charge in [-0.25, -0.2) is 0 Å². The molecule has 1 aliphatic rings. The van der Waals surface area contributed by atoms with Crippen molar-refractivity contribution in [1.82, 2.24) is 0 Å². The molecule has 5 heteroatoms. The first-order chi connectivity index (χ1) is 8.47. The highest BCUT2D eigenvalue weighted by atomic mass is 16.3. The monoisotopic (exact) mass is 248 g/mol. The third-order valence-corrected chi connectivity index (χ3v) is 2.89. The summed E-state index contributed by atoms with van der Waals surface area (Å²) in [7, 11) is 0. The molecule has 0 saturated heterocycles. The standard InChI is InChI=1S/C13H16N2O3/c1-7(2)13(18)8-3-4-9-10(5-8)15-12(17)6-11(16)14-9/h3-5,7,13,18H,6H2,1-2H3,(H,14,16)(H,15,17). The van der Waals surface area contributed by atoms with E-state index in [-0.39, 0.29) is 24.2 Å². The van der Waals surface area contributed by atoms with Gasteiger partial charge in [0.1, 0.15) is 6.42 Å². The van der Waals surface area contributed by atoms with Crippen LogP contribution in [-0.2, 0) is 9.59 Å². The zero-order valence-electron chi connectivity index (χ0n) is 10.4. The SMILES string of the molecule is CC(C)C(O)c1ccc2c(c1)NC(=O)CC(=O)N2. The van der Waals surface area contributed by atoms with Crippen LogP contribution in [0.5, 0.6) is 0 Å². The van der Waals surface area contributed by atoms with Crippen LogP contribution in [0.2, 0.25) is 0 Å². The van der Waals surface area contributed by atoms with E-state index in [9.17, 15) is 14.7 Å². The molecule has 0 aliphatic carbocycles. The lowest BCUT2D eigenvalue weighted by atomic mass is 9.98.